The van der Waals surface area contributed by atoms with Crippen LogP contribution in [0.25, 0.3) is 17.1 Å². The van der Waals surface area contributed by atoms with Crippen LogP contribution in [0.15, 0.2) is 42.5 Å². The largest absolute Gasteiger partial charge is 0.493 e. The molecule has 1 aromatic heterocycles. The Morgan fingerprint density at radius 2 is 2.15 bits per heavy atom. The van der Waals surface area contributed by atoms with E-state index in [0.29, 0.717) is 35.5 Å². The molecule has 0 saturated heterocycles. The number of aromatic amines is 1. The maximum Gasteiger partial charge on any atom is 0.244 e. The number of hydrogen-bond acceptors (Lipinski definition) is 4. The van der Waals surface area contributed by atoms with Crippen LogP contribution in [0, 0.1) is 0 Å². The van der Waals surface area contributed by atoms with Crippen LogP contribution in [0.1, 0.15) is 18.3 Å². The minimum atomic E-state index is -0.237. The molecule has 0 saturated carbocycles. The van der Waals surface area contributed by atoms with Crippen molar-refractivity contribution in [1.82, 2.24) is 15.3 Å². The number of benzene rings is 2. The zero-order valence-electron chi connectivity index (χ0n) is 15.1. The predicted octanol–water partition coefficient (Wildman–Crippen LogP) is 3.95. The number of rotatable bonds is 7. The van der Waals surface area contributed by atoms with Gasteiger partial charge in [-0.15, -0.1) is 0 Å². The summed E-state index contributed by atoms with van der Waals surface area (Å²) in [5, 5.41) is 3.23. The second-order valence-corrected chi connectivity index (χ2v) is 6.13. The van der Waals surface area contributed by atoms with Gasteiger partial charge in [0.2, 0.25) is 5.91 Å². The van der Waals surface area contributed by atoms with E-state index in [1.165, 1.54) is 6.08 Å². The number of aromatic nitrogens is 2. The molecule has 0 aliphatic heterocycles. The molecule has 0 unspecified atom stereocenters. The van der Waals surface area contributed by atoms with Crippen molar-refractivity contribution < 1.29 is 14.3 Å². The van der Waals surface area contributed by atoms with E-state index in [1.54, 1.807) is 25.3 Å². The van der Waals surface area contributed by atoms with E-state index in [4.69, 9.17) is 21.1 Å². The van der Waals surface area contributed by atoms with Crippen molar-refractivity contribution in [2.24, 2.45) is 0 Å². The zero-order chi connectivity index (χ0) is 19.2. The standard InChI is InChI=1S/C20H20ClN3O3/c1-3-27-20-14(21)10-13(11-17(20)26-2)8-9-19(25)22-12-18-23-15-6-4-5-7-16(15)24-18/h4-11H,3,12H2,1-2H3,(H,22,25)(H,23,24). The molecule has 2 N–H and O–H groups in total. The van der Waals surface area contributed by atoms with Crippen LogP contribution in [0.4, 0.5) is 0 Å². The van der Waals surface area contributed by atoms with Gasteiger partial charge in [-0.05, 0) is 42.8 Å². The number of carbonyl (C=O) groups excluding carboxylic acids is 1. The Kier molecular flexibility index (Phi) is 5.98. The van der Waals surface area contributed by atoms with E-state index in [2.05, 4.69) is 15.3 Å². The van der Waals surface area contributed by atoms with Crippen LogP contribution >= 0.6 is 11.6 Å². The fraction of sp³-hybridized carbons (Fsp3) is 0.200. The van der Waals surface area contributed by atoms with E-state index in [9.17, 15) is 4.79 Å². The van der Waals surface area contributed by atoms with Crippen LogP contribution in [-0.2, 0) is 11.3 Å². The topological polar surface area (TPSA) is 76.2 Å². The lowest BCUT2D eigenvalue weighted by molar-refractivity contribution is -0.116. The number of H-pyrrole nitrogens is 1. The summed E-state index contributed by atoms with van der Waals surface area (Å²) in [7, 11) is 1.54. The Morgan fingerprint density at radius 1 is 1.33 bits per heavy atom. The first-order valence-electron chi connectivity index (χ1n) is 8.50. The Balaban J connectivity index is 1.64. The van der Waals surface area contributed by atoms with Crippen molar-refractivity contribution in [1.29, 1.82) is 0 Å². The number of imidazole rings is 1. The third kappa shape index (κ3) is 4.60. The van der Waals surface area contributed by atoms with Crippen LogP contribution in [-0.4, -0.2) is 29.6 Å². The van der Waals surface area contributed by atoms with Gasteiger partial charge in [-0.3, -0.25) is 4.79 Å². The first-order chi connectivity index (χ1) is 13.1. The van der Waals surface area contributed by atoms with E-state index in [1.807, 2.05) is 31.2 Å². The molecule has 2 aromatic carbocycles. The summed E-state index contributed by atoms with van der Waals surface area (Å²) in [6.45, 7) is 2.66. The molecular formula is C20H20ClN3O3. The summed E-state index contributed by atoms with van der Waals surface area (Å²) in [5.74, 6) is 1.47. The maximum absolute atomic E-state index is 12.1. The summed E-state index contributed by atoms with van der Waals surface area (Å²) in [6, 6.07) is 11.2. The fourth-order valence-corrected chi connectivity index (χ4v) is 2.89. The number of nitrogens with one attached hydrogen (secondary N) is 2. The van der Waals surface area contributed by atoms with Gasteiger partial charge in [-0.25, -0.2) is 4.98 Å². The molecule has 3 rings (SSSR count). The molecule has 1 heterocycles. The van der Waals surface area contributed by atoms with E-state index >= 15 is 0 Å². The molecule has 3 aromatic rings. The van der Waals surface area contributed by atoms with Crippen LogP contribution in [0.2, 0.25) is 5.02 Å². The van der Waals surface area contributed by atoms with E-state index in [-0.39, 0.29) is 5.91 Å². The molecule has 0 aliphatic rings. The monoisotopic (exact) mass is 385 g/mol. The molecule has 0 atom stereocenters. The smallest absolute Gasteiger partial charge is 0.244 e. The first kappa shape index (κ1) is 18.8. The predicted molar refractivity (Wildman–Crippen MR) is 106 cm³/mol. The lowest BCUT2D eigenvalue weighted by atomic mass is 10.2. The Bertz CT molecular complexity index is 949. The maximum atomic E-state index is 12.1. The second kappa shape index (κ2) is 8.60. The summed E-state index contributed by atoms with van der Waals surface area (Å²) >= 11 is 6.24. The minimum absolute atomic E-state index is 0.237. The molecule has 0 radical (unpaired) electrons. The molecule has 140 valence electrons. The number of amides is 1. The number of fused-ring (bicyclic) bond motifs is 1. The molecule has 7 heteroatoms. The third-order valence-electron chi connectivity index (χ3n) is 3.84. The van der Waals surface area contributed by atoms with E-state index < -0.39 is 0 Å². The first-order valence-corrected chi connectivity index (χ1v) is 8.88. The number of para-hydroxylation sites is 2. The van der Waals surface area contributed by atoms with Crippen molar-refractivity contribution in [3.05, 3.63) is 58.9 Å². The lowest BCUT2D eigenvalue weighted by Gasteiger charge is -2.11. The van der Waals surface area contributed by atoms with Gasteiger partial charge >= 0.3 is 0 Å². The average molecular weight is 386 g/mol. The summed E-state index contributed by atoms with van der Waals surface area (Å²) in [6.07, 6.45) is 3.10. The molecule has 0 bridgehead atoms. The van der Waals surface area contributed by atoms with Gasteiger partial charge < -0.3 is 19.8 Å². The van der Waals surface area contributed by atoms with Crippen molar-refractivity contribution in [3.63, 3.8) is 0 Å². The molecular weight excluding hydrogens is 366 g/mol. The fourth-order valence-electron chi connectivity index (χ4n) is 2.61. The number of carbonyl (C=O) groups is 1. The van der Waals surface area contributed by atoms with Gasteiger partial charge in [0.05, 0.1) is 36.3 Å². The van der Waals surface area contributed by atoms with Gasteiger partial charge in [0, 0.05) is 6.08 Å². The number of nitrogens with zero attached hydrogens (tertiary/aromatic N) is 1. The van der Waals surface area contributed by atoms with Crippen LogP contribution in [0.3, 0.4) is 0 Å². The quantitative estimate of drug-likeness (QED) is 0.604. The summed E-state index contributed by atoms with van der Waals surface area (Å²) in [5.41, 5.74) is 2.54. The highest BCUT2D eigenvalue weighted by atomic mass is 35.5. The minimum Gasteiger partial charge on any atom is -0.493 e. The number of halogens is 1. The third-order valence-corrected chi connectivity index (χ3v) is 4.12. The Labute approximate surface area is 162 Å². The van der Waals surface area contributed by atoms with Crippen LogP contribution in [0.5, 0.6) is 11.5 Å². The lowest BCUT2D eigenvalue weighted by Crippen LogP contribution is -2.20. The van der Waals surface area contributed by atoms with Crippen molar-refractivity contribution in [3.8, 4) is 11.5 Å². The average Bonchev–Trinajstić information content (AvgIpc) is 3.09. The van der Waals surface area contributed by atoms with Gasteiger partial charge in [-0.1, -0.05) is 23.7 Å². The highest BCUT2D eigenvalue weighted by molar-refractivity contribution is 6.32. The molecule has 0 aliphatic carbocycles. The summed E-state index contributed by atoms with van der Waals surface area (Å²) in [4.78, 5) is 19.7. The van der Waals surface area contributed by atoms with Gasteiger partial charge in [0.15, 0.2) is 11.5 Å². The van der Waals surface area contributed by atoms with Crippen molar-refractivity contribution in [2.45, 2.75) is 13.5 Å². The Morgan fingerprint density at radius 3 is 2.89 bits per heavy atom. The zero-order valence-corrected chi connectivity index (χ0v) is 15.8. The van der Waals surface area contributed by atoms with E-state index in [0.717, 1.165) is 16.6 Å². The SMILES string of the molecule is CCOc1c(Cl)cc(C=CC(=O)NCc2nc3ccccc3[nH]2)cc1OC. The molecule has 0 spiro atoms. The highest BCUT2D eigenvalue weighted by Gasteiger charge is 2.11. The molecule has 1 amide bonds. The van der Waals surface area contributed by atoms with Crippen molar-refractivity contribution >= 4 is 34.6 Å². The van der Waals surface area contributed by atoms with Gasteiger partial charge in [0.25, 0.3) is 0 Å². The number of methoxy groups -OCH3 is 1. The summed E-state index contributed by atoms with van der Waals surface area (Å²) < 4.78 is 10.8. The number of ether oxygens (including phenoxy) is 2. The van der Waals surface area contributed by atoms with Gasteiger partial charge in [-0.2, -0.15) is 0 Å². The Hall–Kier alpha value is -2.99. The molecule has 0 fully saturated rings. The second-order valence-electron chi connectivity index (χ2n) is 5.72. The normalized spacial score (nSPS) is 11.1. The highest BCUT2D eigenvalue weighted by Crippen LogP contribution is 2.36. The van der Waals surface area contributed by atoms with Crippen molar-refractivity contribution in [2.75, 3.05) is 13.7 Å². The van der Waals surface area contributed by atoms with Gasteiger partial charge in [0.1, 0.15) is 5.82 Å². The molecule has 27 heavy (non-hydrogen) atoms. The number of hydrogen-bond donors (Lipinski definition) is 2. The van der Waals surface area contributed by atoms with Crippen LogP contribution < -0.4 is 14.8 Å². The molecule has 6 nitrogen and oxygen atoms in total.